The van der Waals surface area contributed by atoms with Crippen molar-refractivity contribution in [2.24, 2.45) is 0 Å². The van der Waals surface area contributed by atoms with Gasteiger partial charge in [0.15, 0.2) is 0 Å². The fourth-order valence-corrected chi connectivity index (χ4v) is 2.67. The predicted octanol–water partition coefficient (Wildman–Crippen LogP) is 1.76. The lowest BCUT2D eigenvalue weighted by atomic mass is 9.90. The summed E-state index contributed by atoms with van der Waals surface area (Å²) in [4.78, 5) is 0. The molecule has 2 rings (SSSR count). The normalized spacial score (nSPS) is 18.7. The third-order valence-electron chi connectivity index (χ3n) is 3.56. The molecular weight excluding hydrogens is 224 g/mol. The minimum Gasteiger partial charge on any atom is -0.395 e. The molecule has 0 bridgehead atoms. The molecule has 1 unspecified atom stereocenters. The van der Waals surface area contributed by atoms with Crippen molar-refractivity contribution in [2.75, 3.05) is 19.7 Å². The summed E-state index contributed by atoms with van der Waals surface area (Å²) in [5.41, 5.74) is 4.30. The third kappa shape index (κ3) is 3.31. The molecular formula is C15H24N2O. The zero-order valence-electron chi connectivity index (χ0n) is 11.2. The van der Waals surface area contributed by atoms with Crippen LogP contribution in [0.3, 0.4) is 0 Å². The van der Waals surface area contributed by atoms with E-state index in [1.165, 1.54) is 29.5 Å². The highest BCUT2D eigenvalue weighted by atomic mass is 16.3. The Morgan fingerprint density at radius 2 is 2.33 bits per heavy atom. The second kappa shape index (κ2) is 6.88. The summed E-state index contributed by atoms with van der Waals surface area (Å²) in [7, 11) is 0. The lowest BCUT2D eigenvalue weighted by molar-refractivity contribution is 0.292. The molecule has 3 nitrogen and oxygen atoms in total. The Morgan fingerprint density at radius 3 is 3.11 bits per heavy atom. The molecule has 0 radical (unpaired) electrons. The number of nitrogens with one attached hydrogen (secondary N) is 2. The molecule has 0 fully saturated rings. The summed E-state index contributed by atoms with van der Waals surface area (Å²) in [6.07, 6.45) is 3.56. The van der Waals surface area contributed by atoms with E-state index in [0.717, 1.165) is 19.5 Å². The second-order valence-electron chi connectivity index (χ2n) is 4.98. The molecule has 1 aromatic carbocycles. The summed E-state index contributed by atoms with van der Waals surface area (Å²) >= 11 is 0. The number of aliphatic hydroxyl groups excluding tert-OH is 1. The van der Waals surface area contributed by atoms with Gasteiger partial charge in [-0.3, -0.25) is 0 Å². The van der Waals surface area contributed by atoms with Gasteiger partial charge in [0.2, 0.25) is 0 Å². The molecule has 1 aromatic rings. The maximum atomic E-state index is 8.76. The minimum absolute atomic E-state index is 0.202. The van der Waals surface area contributed by atoms with Gasteiger partial charge in [-0.1, -0.05) is 31.5 Å². The number of hydrogen-bond donors (Lipinski definition) is 3. The first-order chi connectivity index (χ1) is 8.85. The molecule has 1 aliphatic rings. The molecule has 0 aliphatic carbocycles. The molecule has 1 aliphatic heterocycles. The topological polar surface area (TPSA) is 44.3 Å². The average Bonchev–Trinajstić information content (AvgIpc) is 2.39. The zero-order valence-corrected chi connectivity index (χ0v) is 11.2. The number of aliphatic hydroxyl groups is 1. The smallest absolute Gasteiger partial charge is 0.0556 e. The quantitative estimate of drug-likeness (QED) is 0.672. The Labute approximate surface area is 110 Å². The lowest BCUT2D eigenvalue weighted by Gasteiger charge is -2.27. The van der Waals surface area contributed by atoms with Crippen molar-refractivity contribution >= 4 is 0 Å². The van der Waals surface area contributed by atoms with Gasteiger partial charge in [0.25, 0.3) is 0 Å². The molecule has 1 heterocycles. The number of rotatable bonds is 6. The fourth-order valence-electron chi connectivity index (χ4n) is 2.67. The van der Waals surface area contributed by atoms with E-state index >= 15 is 0 Å². The SMILES string of the molecule is CCCC1NCCc2cc(CNCCO)ccc21. The first kappa shape index (κ1) is 13.5. The zero-order chi connectivity index (χ0) is 12.8. The van der Waals surface area contributed by atoms with Crippen LogP contribution in [0.2, 0.25) is 0 Å². The fraction of sp³-hybridized carbons (Fsp3) is 0.600. The molecule has 0 saturated carbocycles. The van der Waals surface area contributed by atoms with E-state index in [1.54, 1.807) is 0 Å². The Kier molecular flexibility index (Phi) is 5.17. The van der Waals surface area contributed by atoms with E-state index in [1.807, 2.05) is 0 Å². The van der Waals surface area contributed by atoms with Gasteiger partial charge in [-0.2, -0.15) is 0 Å². The summed E-state index contributed by atoms with van der Waals surface area (Å²) < 4.78 is 0. The molecule has 100 valence electrons. The predicted molar refractivity (Wildman–Crippen MR) is 74.6 cm³/mol. The van der Waals surface area contributed by atoms with Crippen LogP contribution in [0.4, 0.5) is 0 Å². The van der Waals surface area contributed by atoms with Crippen molar-refractivity contribution < 1.29 is 5.11 Å². The van der Waals surface area contributed by atoms with Crippen LogP contribution in [0.5, 0.6) is 0 Å². The van der Waals surface area contributed by atoms with E-state index in [4.69, 9.17) is 5.11 Å². The minimum atomic E-state index is 0.202. The highest BCUT2D eigenvalue weighted by molar-refractivity contribution is 5.36. The Morgan fingerprint density at radius 1 is 1.44 bits per heavy atom. The van der Waals surface area contributed by atoms with E-state index in [-0.39, 0.29) is 6.61 Å². The Balaban J connectivity index is 2.06. The van der Waals surface area contributed by atoms with Gasteiger partial charge >= 0.3 is 0 Å². The van der Waals surface area contributed by atoms with Crippen molar-refractivity contribution in [3.63, 3.8) is 0 Å². The van der Waals surface area contributed by atoms with Crippen molar-refractivity contribution in [1.29, 1.82) is 0 Å². The first-order valence-electron chi connectivity index (χ1n) is 7.01. The highest BCUT2D eigenvalue weighted by Gasteiger charge is 2.18. The van der Waals surface area contributed by atoms with Crippen molar-refractivity contribution in [2.45, 2.75) is 38.8 Å². The molecule has 0 aromatic heterocycles. The van der Waals surface area contributed by atoms with Crippen molar-refractivity contribution in [3.05, 3.63) is 34.9 Å². The molecule has 0 amide bonds. The van der Waals surface area contributed by atoms with Crippen LogP contribution in [0.15, 0.2) is 18.2 Å². The summed E-state index contributed by atoms with van der Waals surface area (Å²) in [5, 5.41) is 15.6. The van der Waals surface area contributed by atoms with Crippen LogP contribution in [0, 0.1) is 0 Å². The van der Waals surface area contributed by atoms with E-state index in [0.29, 0.717) is 12.6 Å². The molecule has 0 saturated heterocycles. The number of hydrogen-bond acceptors (Lipinski definition) is 3. The molecule has 3 N–H and O–H groups in total. The highest BCUT2D eigenvalue weighted by Crippen LogP contribution is 2.27. The van der Waals surface area contributed by atoms with Crippen molar-refractivity contribution in [3.8, 4) is 0 Å². The standard InChI is InChI=1S/C15H24N2O/c1-2-3-15-14-5-4-12(11-16-8-9-18)10-13(14)6-7-17-15/h4-5,10,15-18H,2-3,6-9,11H2,1H3. The monoisotopic (exact) mass is 248 g/mol. The van der Waals surface area contributed by atoms with Crippen LogP contribution >= 0.6 is 0 Å². The lowest BCUT2D eigenvalue weighted by Crippen LogP contribution is -2.30. The third-order valence-corrected chi connectivity index (χ3v) is 3.56. The van der Waals surface area contributed by atoms with Gasteiger partial charge in [0, 0.05) is 19.1 Å². The molecule has 3 heteroatoms. The summed E-state index contributed by atoms with van der Waals surface area (Å²) in [6, 6.07) is 7.35. The molecule has 1 atom stereocenters. The van der Waals surface area contributed by atoms with Crippen LogP contribution < -0.4 is 10.6 Å². The summed E-state index contributed by atoms with van der Waals surface area (Å²) in [5.74, 6) is 0. The van der Waals surface area contributed by atoms with Gasteiger partial charge in [0.1, 0.15) is 0 Å². The Bertz CT molecular complexity index is 379. The second-order valence-corrected chi connectivity index (χ2v) is 4.98. The maximum Gasteiger partial charge on any atom is 0.0556 e. The van der Waals surface area contributed by atoms with Gasteiger partial charge in [0.05, 0.1) is 6.61 Å². The van der Waals surface area contributed by atoms with E-state index in [2.05, 4.69) is 35.8 Å². The van der Waals surface area contributed by atoms with E-state index in [9.17, 15) is 0 Å². The van der Waals surface area contributed by atoms with Crippen LogP contribution in [0.25, 0.3) is 0 Å². The van der Waals surface area contributed by atoms with Gasteiger partial charge in [-0.25, -0.2) is 0 Å². The molecule has 0 spiro atoms. The largest absolute Gasteiger partial charge is 0.395 e. The van der Waals surface area contributed by atoms with Gasteiger partial charge in [-0.15, -0.1) is 0 Å². The maximum absolute atomic E-state index is 8.76. The van der Waals surface area contributed by atoms with Crippen LogP contribution in [-0.2, 0) is 13.0 Å². The van der Waals surface area contributed by atoms with Gasteiger partial charge < -0.3 is 15.7 Å². The van der Waals surface area contributed by atoms with Gasteiger partial charge in [-0.05, 0) is 36.1 Å². The number of fused-ring (bicyclic) bond motifs is 1. The van der Waals surface area contributed by atoms with E-state index < -0.39 is 0 Å². The molecule has 18 heavy (non-hydrogen) atoms. The Hall–Kier alpha value is -0.900. The average molecular weight is 248 g/mol. The van der Waals surface area contributed by atoms with Crippen LogP contribution in [-0.4, -0.2) is 24.8 Å². The summed E-state index contributed by atoms with van der Waals surface area (Å²) in [6.45, 7) is 5.04. The van der Waals surface area contributed by atoms with Crippen molar-refractivity contribution in [1.82, 2.24) is 10.6 Å². The number of benzene rings is 1. The van der Waals surface area contributed by atoms with Crippen LogP contribution in [0.1, 0.15) is 42.5 Å². The first-order valence-corrected chi connectivity index (χ1v) is 7.01.